The molecule has 0 radical (unpaired) electrons. The lowest BCUT2D eigenvalue weighted by Crippen LogP contribution is -2.40. The Labute approximate surface area is 182 Å². The van der Waals surface area contributed by atoms with Gasteiger partial charge >= 0.3 is 5.97 Å². The van der Waals surface area contributed by atoms with Crippen molar-refractivity contribution < 1.29 is 28.0 Å². The summed E-state index contributed by atoms with van der Waals surface area (Å²) in [5.41, 5.74) is 4.08. The molecule has 166 valence electrons. The quantitative estimate of drug-likeness (QED) is 0.148. The Balaban J connectivity index is 2.24. The molecule has 0 aromatic heterocycles. The van der Waals surface area contributed by atoms with E-state index in [1.54, 1.807) is 0 Å². The van der Waals surface area contributed by atoms with E-state index in [0.717, 1.165) is 12.1 Å². The molecule has 31 heavy (non-hydrogen) atoms. The molecule has 2 aromatic rings. The maximum absolute atomic E-state index is 12.7. The summed E-state index contributed by atoms with van der Waals surface area (Å²) in [6.07, 6.45) is 0. The van der Waals surface area contributed by atoms with Crippen LogP contribution < -0.4 is 20.9 Å². The minimum Gasteiger partial charge on any atom is -0.478 e. The molecule has 0 saturated carbocycles. The molecule has 2 aromatic carbocycles. The number of carboxylic acids is 1. The molecular formula is C17H19N5O7S2. The second-order valence-electron chi connectivity index (χ2n) is 5.89. The molecule has 0 atom stereocenters. The predicted octanol–water partition coefficient (Wildman–Crippen LogP) is 1.53. The SMILES string of the molecule is COCCNC(=S)NNc1ccc(S(=O)(=O)Nc2ccccc2C(=O)O)cc1[N+](=O)[O-]. The number of thiocarbonyl (C=S) groups is 1. The maximum Gasteiger partial charge on any atom is 0.337 e. The summed E-state index contributed by atoms with van der Waals surface area (Å²) in [5, 5.41) is 23.6. The van der Waals surface area contributed by atoms with Crippen molar-refractivity contribution in [2.24, 2.45) is 0 Å². The number of methoxy groups -OCH3 is 1. The molecule has 0 bridgehead atoms. The Morgan fingerprint density at radius 3 is 2.58 bits per heavy atom. The van der Waals surface area contributed by atoms with Gasteiger partial charge in [0.2, 0.25) is 0 Å². The number of nitrogens with zero attached hydrogens (tertiary/aromatic N) is 1. The van der Waals surface area contributed by atoms with Gasteiger partial charge in [-0.3, -0.25) is 25.7 Å². The third-order valence-electron chi connectivity index (χ3n) is 3.78. The number of sulfonamides is 1. The van der Waals surface area contributed by atoms with Gasteiger partial charge in [-0.15, -0.1) is 0 Å². The van der Waals surface area contributed by atoms with E-state index in [-0.39, 0.29) is 22.1 Å². The van der Waals surface area contributed by atoms with E-state index in [1.165, 1.54) is 37.4 Å². The van der Waals surface area contributed by atoms with E-state index in [2.05, 4.69) is 20.9 Å². The molecule has 5 N–H and O–H groups in total. The Morgan fingerprint density at radius 1 is 1.23 bits per heavy atom. The van der Waals surface area contributed by atoms with E-state index in [4.69, 9.17) is 17.0 Å². The van der Waals surface area contributed by atoms with Crippen molar-refractivity contribution in [2.45, 2.75) is 4.90 Å². The van der Waals surface area contributed by atoms with Gasteiger partial charge in [0.15, 0.2) is 5.11 Å². The van der Waals surface area contributed by atoms with Crippen molar-refractivity contribution >= 4 is 50.4 Å². The number of aromatic carboxylic acids is 1. The number of para-hydroxylation sites is 1. The lowest BCUT2D eigenvalue weighted by atomic mass is 10.2. The first-order valence-electron chi connectivity index (χ1n) is 8.58. The van der Waals surface area contributed by atoms with E-state index in [0.29, 0.717) is 13.2 Å². The van der Waals surface area contributed by atoms with Crippen LogP contribution in [0.5, 0.6) is 0 Å². The van der Waals surface area contributed by atoms with Gasteiger partial charge in [0.05, 0.1) is 27.7 Å². The fourth-order valence-electron chi connectivity index (χ4n) is 2.33. The molecule has 0 fully saturated rings. The van der Waals surface area contributed by atoms with E-state index >= 15 is 0 Å². The zero-order valence-electron chi connectivity index (χ0n) is 16.1. The number of hydrazine groups is 1. The van der Waals surface area contributed by atoms with Crippen LogP contribution in [0.25, 0.3) is 0 Å². The molecule has 0 heterocycles. The van der Waals surface area contributed by atoms with Crippen LogP contribution in [0.3, 0.4) is 0 Å². The van der Waals surface area contributed by atoms with Crippen LogP contribution in [0.15, 0.2) is 47.4 Å². The van der Waals surface area contributed by atoms with Crippen LogP contribution in [0.1, 0.15) is 10.4 Å². The molecule has 0 aliphatic rings. The molecule has 14 heteroatoms. The lowest BCUT2D eigenvalue weighted by molar-refractivity contribution is -0.384. The Kier molecular flexibility index (Phi) is 8.07. The number of rotatable bonds is 10. The highest BCUT2D eigenvalue weighted by Gasteiger charge is 2.23. The second-order valence-corrected chi connectivity index (χ2v) is 7.98. The highest BCUT2D eigenvalue weighted by molar-refractivity contribution is 7.92. The van der Waals surface area contributed by atoms with Gasteiger partial charge in [-0.2, -0.15) is 0 Å². The first-order valence-corrected chi connectivity index (χ1v) is 10.5. The summed E-state index contributed by atoms with van der Waals surface area (Å²) in [7, 11) is -2.79. The Morgan fingerprint density at radius 2 is 1.94 bits per heavy atom. The average Bonchev–Trinajstić information content (AvgIpc) is 2.72. The van der Waals surface area contributed by atoms with Gasteiger partial charge < -0.3 is 15.2 Å². The molecular weight excluding hydrogens is 450 g/mol. The number of nitro benzene ring substituents is 1. The molecule has 2 rings (SSSR count). The predicted molar refractivity (Wildman–Crippen MR) is 117 cm³/mol. The normalized spacial score (nSPS) is 10.7. The standard InChI is InChI=1S/C17H19N5O7S2/c1-29-9-8-18-17(30)20-19-14-7-6-11(10-15(14)22(25)26)31(27,28)21-13-5-3-2-4-12(13)16(23)24/h2-7,10,19,21H,8-9H2,1H3,(H,23,24)(H2,18,20,30). The van der Waals surface area contributed by atoms with Gasteiger partial charge in [-0.1, -0.05) is 12.1 Å². The summed E-state index contributed by atoms with van der Waals surface area (Å²) >= 11 is 5.00. The number of carboxylic acid groups (broad SMARTS) is 1. The minimum absolute atomic E-state index is 0.0363. The van der Waals surface area contributed by atoms with Crippen LogP contribution in [0.2, 0.25) is 0 Å². The number of hydrogen-bond donors (Lipinski definition) is 5. The van der Waals surface area contributed by atoms with Crippen LogP contribution in [0.4, 0.5) is 17.1 Å². The van der Waals surface area contributed by atoms with E-state index in [9.17, 15) is 28.4 Å². The Bertz CT molecular complexity index is 1090. The number of nitrogens with one attached hydrogen (secondary N) is 4. The van der Waals surface area contributed by atoms with Crippen molar-refractivity contribution in [1.82, 2.24) is 10.7 Å². The van der Waals surface area contributed by atoms with Crippen molar-refractivity contribution in [1.29, 1.82) is 0 Å². The highest BCUT2D eigenvalue weighted by Crippen LogP contribution is 2.28. The van der Waals surface area contributed by atoms with Crippen LogP contribution >= 0.6 is 12.2 Å². The van der Waals surface area contributed by atoms with Gasteiger partial charge in [0.25, 0.3) is 15.7 Å². The number of nitro groups is 1. The van der Waals surface area contributed by atoms with Crippen LogP contribution in [0, 0.1) is 10.1 Å². The fraction of sp³-hybridized carbons (Fsp3) is 0.176. The van der Waals surface area contributed by atoms with Crippen LogP contribution in [-0.2, 0) is 14.8 Å². The molecule has 0 amide bonds. The second kappa shape index (κ2) is 10.5. The van der Waals surface area contributed by atoms with Crippen molar-refractivity contribution in [3.8, 4) is 0 Å². The van der Waals surface area contributed by atoms with E-state index in [1.807, 2.05) is 0 Å². The van der Waals surface area contributed by atoms with Gasteiger partial charge in [0.1, 0.15) is 5.69 Å². The Hall–Kier alpha value is -3.49. The number of anilines is 2. The third-order valence-corrected chi connectivity index (χ3v) is 5.39. The summed E-state index contributed by atoms with van der Waals surface area (Å²) in [6, 6.07) is 8.54. The first-order chi connectivity index (χ1) is 14.7. The molecule has 0 aliphatic heterocycles. The molecule has 0 saturated heterocycles. The third kappa shape index (κ3) is 6.50. The smallest absolute Gasteiger partial charge is 0.337 e. The highest BCUT2D eigenvalue weighted by atomic mass is 32.2. The number of ether oxygens (including phenoxy) is 1. The van der Waals surface area contributed by atoms with E-state index < -0.39 is 31.5 Å². The number of hydrogen-bond acceptors (Lipinski definition) is 8. The largest absolute Gasteiger partial charge is 0.478 e. The summed E-state index contributed by atoms with van der Waals surface area (Å²) < 4.78 is 32.3. The molecule has 0 aliphatic carbocycles. The van der Waals surface area contributed by atoms with Crippen molar-refractivity contribution in [2.75, 3.05) is 30.4 Å². The monoisotopic (exact) mass is 469 g/mol. The zero-order valence-corrected chi connectivity index (χ0v) is 17.7. The van der Waals surface area contributed by atoms with Gasteiger partial charge in [-0.05, 0) is 36.5 Å². The summed E-state index contributed by atoms with van der Waals surface area (Å²) in [6.45, 7) is 0.805. The fourth-order valence-corrected chi connectivity index (χ4v) is 3.59. The van der Waals surface area contributed by atoms with Gasteiger partial charge in [-0.25, -0.2) is 13.2 Å². The minimum atomic E-state index is -4.31. The van der Waals surface area contributed by atoms with Gasteiger partial charge in [0, 0.05) is 19.7 Å². The number of benzene rings is 2. The average molecular weight is 470 g/mol. The lowest BCUT2D eigenvalue weighted by Gasteiger charge is -2.14. The molecule has 0 spiro atoms. The zero-order chi connectivity index (χ0) is 23.0. The molecule has 12 nitrogen and oxygen atoms in total. The first kappa shape index (κ1) is 23.8. The summed E-state index contributed by atoms with van der Waals surface area (Å²) in [5.74, 6) is -1.33. The maximum atomic E-state index is 12.7. The number of carbonyl (C=O) groups is 1. The summed E-state index contributed by atoms with van der Waals surface area (Å²) in [4.78, 5) is 21.5. The van der Waals surface area contributed by atoms with Crippen molar-refractivity contribution in [3.05, 3.63) is 58.1 Å². The van der Waals surface area contributed by atoms with Crippen LogP contribution in [-0.4, -0.2) is 49.8 Å². The van der Waals surface area contributed by atoms with Crippen molar-refractivity contribution in [3.63, 3.8) is 0 Å². The topological polar surface area (TPSA) is 172 Å². The molecule has 0 unspecified atom stereocenters.